The summed E-state index contributed by atoms with van der Waals surface area (Å²) in [6.45, 7) is 1.34. The normalized spacial score (nSPS) is 13.6. The summed E-state index contributed by atoms with van der Waals surface area (Å²) in [6, 6.07) is 2.77. The molecule has 0 bridgehead atoms. The molecule has 1 aromatic rings. The van der Waals surface area contributed by atoms with Crippen LogP contribution >= 0.6 is 0 Å². The van der Waals surface area contributed by atoms with Crippen molar-refractivity contribution < 1.29 is 22.7 Å². The van der Waals surface area contributed by atoms with Crippen molar-refractivity contribution in [3.63, 3.8) is 0 Å². The van der Waals surface area contributed by atoms with E-state index in [1.165, 1.54) is 13.2 Å². The van der Waals surface area contributed by atoms with Crippen LogP contribution in [0, 0.1) is 5.82 Å². The van der Waals surface area contributed by atoms with E-state index >= 15 is 0 Å². The van der Waals surface area contributed by atoms with Crippen molar-refractivity contribution in [2.24, 2.45) is 0 Å². The van der Waals surface area contributed by atoms with Crippen LogP contribution in [-0.4, -0.2) is 33.3 Å². The summed E-state index contributed by atoms with van der Waals surface area (Å²) in [5.74, 6) is -0.674. The summed E-state index contributed by atoms with van der Waals surface area (Å²) >= 11 is 0. The number of sulfonamides is 1. The van der Waals surface area contributed by atoms with E-state index < -0.39 is 28.5 Å². The fourth-order valence-corrected chi connectivity index (χ4v) is 2.99. The second-order valence-electron chi connectivity index (χ2n) is 3.89. The average molecular weight is 277 g/mol. The van der Waals surface area contributed by atoms with Crippen LogP contribution in [0.4, 0.5) is 4.39 Å². The van der Waals surface area contributed by atoms with E-state index in [9.17, 15) is 12.8 Å². The topological polar surface area (TPSA) is 75.6 Å². The third kappa shape index (κ3) is 3.74. The molecule has 0 fully saturated rings. The Balaban J connectivity index is 3.07. The first-order chi connectivity index (χ1) is 8.40. The number of methoxy groups -OCH3 is 1. The Morgan fingerprint density at radius 1 is 1.50 bits per heavy atom. The van der Waals surface area contributed by atoms with Gasteiger partial charge in [-0.2, -0.15) is 0 Å². The molecule has 0 saturated carbocycles. The molecule has 0 aromatic heterocycles. The molecule has 0 spiro atoms. The van der Waals surface area contributed by atoms with Gasteiger partial charge in [-0.05, 0) is 24.6 Å². The predicted octanol–water partition coefficient (Wildman–Crippen LogP) is 0.631. The number of hydrogen-bond acceptors (Lipinski definition) is 4. The van der Waals surface area contributed by atoms with Gasteiger partial charge in [-0.15, -0.1) is 0 Å². The van der Waals surface area contributed by atoms with Crippen LogP contribution in [0.25, 0.3) is 0 Å². The third-order valence-corrected chi connectivity index (χ3v) is 3.93. The summed E-state index contributed by atoms with van der Waals surface area (Å²) in [5.41, 5.74) is 0.147. The number of aliphatic hydroxyl groups excluding tert-OH is 1. The number of halogens is 1. The van der Waals surface area contributed by atoms with Crippen LogP contribution < -0.4 is 4.72 Å². The van der Waals surface area contributed by atoms with E-state index in [1.54, 1.807) is 6.92 Å². The molecular weight excluding hydrogens is 261 g/mol. The van der Waals surface area contributed by atoms with Crippen molar-refractivity contribution in [3.05, 3.63) is 29.6 Å². The lowest BCUT2D eigenvalue weighted by atomic mass is 10.2. The average Bonchev–Trinajstić information content (AvgIpc) is 2.28. The Morgan fingerprint density at radius 2 is 2.17 bits per heavy atom. The zero-order valence-electron chi connectivity index (χ0n) is 10.2. The molecule has 0 saturated heterocycles. The molecule has 1 unspecified atom stereocenters. The lowest BCUT2D eigenvalue weighted by Crippen LogP contribution is -2.36. The highest BCUT2D eigenvalue weighted by atomic mass is 32.2. The maximum atomic E-state index is 13.1. The predicted molar refractivity (Wildman–Crippen MR) is 64.0 cm³/mol. The van der Waals surface area contributed by atoms with Crippen LogP contribution in [0.2, 0.25) is 0 Å². The van der Waals surface area contributed by atoms with E-state index in [4.69, 9.17) is 9.84 Å². The second-order valence-corrected chi connectivity index (χ2v) is 5.57. The highest BCUT2D eigenvalue weighted by Gasteiger charge is 2.21. The van der Waals surface area contributed by atoms with Crippen LogP contribution in [0.5, 0.6) is 0 Å². The summed E-state index contributed by atoms with van der Waals surface area (Å²) in [7, 11) is -2.43. The largest absolute Gasteiger partial charge is 0.392 e. The maximum absolute atomic E-state index is 13.1. The smallest absolute Gasteiger partial charge is 0.241 e. The Morgan fingerprint density at radius 3 is 2.72 bits per heavy atom. The van der Waals surface area contributed by atoms with Crippen molar-refractivity contribution >= 4 is 10.0 Å². The molecule has 0 radical (unpaired) electrons. The first-order valence-corrected chi connectivity index (χ1v) is 6.79. The monoisotopic (exact) mass is 277 g/mol. The third-order valence-electron chi connectivity index (χ3n) is 2.26. The van der Waals surface area contributed by atoms with Crippen molar-refractivity contribution in [2.75, 3.05) is 13.7 Å². The van der Waals surface area contributed by atoms with Gasteiger partial charge in [-0.3, -0.25) is 0 Å². The van der Waals surface area contributed by atoms with Gasteiger partial charge in [0.2, 0.25) is 10.0 Å². The highest BCUT2D eigenvalue weighted by Crippen LogP contribution is 2.17. The second kappa shape index (κ2) is 6.24. The molecule has 102 valence electrons. The summed E-state index contributed by atoms with van der Waals surface area (Å²) in [5, 5.41) is 9.07. The van der Waals surface area contributed by atoms with Crippen molar-refractivity contribution in [3.8, 4) is 0 Å². The molecule has 7 heteroatoms. The first kappa shape index (κ1) is 15.0. The van der Waals surface area contributed by atoms with Gasteiger partial charge in [-0.1, -0.05) is 6.07 Å². The van der Waals surface area contributed by atoms with Gasteiger partial charge < -0.3 is 9.84 Å². The van der Waals surface area contributed by atoms with Crippen molar-refractivity contribution in [2.45, 2.75) is 24.5 Å². The number of benzene rings is 1. The Kier molecular flexibility index (Phi) is 5.21. The van der Waals surface area contributed by atoms with Gasteiger partial charge in [0.25, 0.3) is 0 Å². The van der Waals surface area contributed by atoms with Crippen molar-refractivity contribution in [1.29, 1.82) is 0 Å². The van der Waals surface area contributed by atoms with Gasteiger partial charge in [0, 0.05) is 13.2 Å². The molecule has 2 N–H and O–H groups in total. The van der Waals surface area contributed by atoms with Gasteiger partial charge in [0.15, 0.2) is 0 Å². The molecule has 0 aliphatic heterocycles. The Hall–Kier alpha value is -1.02. The summed E-state index contributed by atoms with van der Waals surface area (Å²) in [6.07, 6.45) is 0. The molecule has 5 nitrogen and oxygen atoms in total. The van der Waals surface area contributed by atoms with E-state index in [1.807, 2.05) is 0 Å². The van der Waals surface area contributed by atoms with Crippen LogP contribution in [0.15, 0.2) is 23.1 Å². The molecule has 1 aromatic carbocycles. The first-order valence-electron chi connectivity index (χ1n) is 5.31. The molecule has 0 heterocycles. The number of rotatable bonds is 6. The lowest BCUT2D eigenvalue weighted by molar-refractivity contribution is 0.180. The minimum atomic E-state index is -3.88. The highest BCUT2D eigenvalue weighted by molar-refractivity contribution is 7.89. The number of hydrogen-bond donors (Lipinski definition) is 2. The fourth-order valence-electron chi connectivity index (χ4n) is 1.52. The standard InChI is InChI=1S/C11H16FNO4S/c1-8(7-17-2)13-18(15,16)11-5-10(12)4-3-9(11)6-14/h3-5,8,13-14H,6-7H2,1-2H3. The molecule has 0 aliphatic carbocycles. The number of aliphatic hydroxyl groups is 1. The van der Waals surface area contributed by atoms with Crippen LogP contribution in [0.3, 0.4) is 0 Å². The SMILES string of the molecule is COCC(C)NS(=O)(=O)c1cc(F)ccc1CO. The van der Waals surface area contributed by atoms with Gasteiger partial charge >= 0.3 is 0 Å². The van der Waals surface area contributed by atoms with E-state index in [0.717, 1.165) is 12.1 Å². The van der Waals surface area contributed by atoms with Gasteiger partial charge in [-0.25, -0.2) is 17.5 Å². The molecule has 1 rings (SSSR count). The minimum Gasteiger partial charge on any atom is -0.392 e. The maximum Gasteiger partial charge on any atom is 0.241 e. The molecule has 0 amide bonds. The van der Waals surface area contributed by atoms with Gasteiger partial charge in [0.05, 0.1) is 18.1 Å². The molecule has 1 atom stereocenters. The van der Waals surface area contributed by atoms with E-state index in [-0.39, 0.29) is 17.1 Å². The zero-order valence-corrected chi connectivity index (χ0v) is 11.0. The summed E-state index contributed by atoms with van der Waals surface area (Å²) in [4.78, 5) is -0.257. The van der Waals surface area contributed by atoms with Crippen molar-refractivity contribution in [1.82, 2.24) is 4.72 Å². The van der Waals surface area contributed by atoms with Crippen LogP contribution in [0.1, 0.15) is 12.5 Å². The molecule has 0 aliphatic rings. The Bertz CT molecular complexity index is 504. The zero-order chi connectivity index (χ0) is 13.8. The lowest BCUT2D eigenvalue weighted by Gasteiger charge is -2.15. The Labute approximate surface area is 106 Å². The summed E-state index contributed by atoms with van der Waals surface area (Å²) < 4.78 is 44.3. The van der Waals surface area contributed by atoms with E-state index in [2.05, 4.69) is 4.72 Å². The number of nitrogens with one attached hydrogen (secondary N) is 1. The number of ether oxygens (including phenoxy) is 1. The fraction of sp³-hybridized carbons (Fsp3) is 0.455. The van der Waals surface area contributed by atoms with Crippen LogP contribution in [-0.2, 0) is 21.4 Å². The van der Waals surface area contributed by atoms with E-state index in [0.29, 0.717) is 0 Å². The minimum absolute atomic E-state index is 0.147. The molecule has 18 heavy (non-hydrogen) atoms. The van der Waals surface area contributed by atoms with Gasteiger partial charge in [0.1, 0.15) is 5.82 Å². The quantitative estimate of drug-likeness (QED) is 0.799. The molecular formula is C11H16FNO4S.